The number of hydrogen-bond acceptors (Lipinski definition) is 2. The molecule has 1 aliphatic carbocycles. The molecule has 0 aliphatic heterocycles. The van der Waals surface area contributed by atoms with Gasteiger partial charge >= 0.3 is 0 Å². The highest BCUT2D eigenvalue weighted by Gasteiger charge is 2.27. The van der Waals surface area contributed by atoms with Gasteiger partial charge in [-0.05, 0) is 44.3 Å². The number of carbonyl (C=O) groups is 1. The molecular formula is C17H27ClN2O. The maximum Gasteiger partial charge on any atom is 0.220 e. The van der Waals surface area contributed by atoms with E-state index in [-0.39, 0.29) is 24.4 Å². The minimum absolute atomic E-state index is 0. The molecule has 0 radical (unpaired) electrons. The molecule has 0 heterocycles. The summed E-state index contributed by atoms with van der Waals surface area (Å²) in [6.45, 7) is 0.896. The smallest absolute Gasteiger partial charge is 0.220 e. The van der Waals surface area contributed by atoms with Crippen molar-refractivity contribution in [3.63, 3.8) is 0 Å². The summed E-state index contributed by atoms with van der Waals surface area (Å²) in [5.41, 5.74) is 1.25. The molecule has 1 unspecified atom stereocenters. The Morgan fingerprint density at radius 3 is 2.52 bits per heavy atom. The summed E-state index contributed by atoms with van der Waals surface area (Å²) >= 11 is 0. The quantitative estimate of drug-likeness (QED) is 0.757. The number of carbonyl (C=O) groups excluding carboxylic acids is 1. The van der Waals surface area contributed by atoms with Crippen LogP contribution in [0.1, 0.15) is 50.1 Å². The van der Waals surface area contributed by atoms with Gasteiger partial charge in [-0.25, -0.2) is 0 Å². The highest BCUT2D eigenvalue weighted by molar-refractivity contribution is 5.85. The van der Waals surface area contributed by atoms with Gasteiger partial charge in [0.2, 0.25) is 5.91 Å². The van der Waals surface area contributed by atoms with E-state index in [1.165, 1.54) is 31.2 Å². The molecule has 1 atom stereocenters. The van der Waals surface area contributed by atoms with Gasteiger partial charge in [0.05, 0.1) is 6.04 Å². The Bertz CT molecular complexity index is 405. The number of hydrogen-bond donors (Lipinski definition) is 2. The monoisotopic (exact) mass is 310 g/mol. The number of rotatable bonds is 7. The van der Waals surface area contributed by atoms with Crippen molar-refractivity contribution in [2.75, 3.05) is 13.6 Å². The summed E-state index contributed by atoms with van der Waals surface area (Å²) < 4.78 is 0. The fraction of sp³-hybridized carbons (Fsp3) is 0.588. The van der Waals surface area contributed by atoms with Crippen molar-refractivity contribution >= 4 is 18.3 Å². The lowest BCUT2D eigenvalue weighted by Gasteiger charge is -2.25. The number of nitrogens with one attached hydrogen (secondary N) is 2. The maximum atomic E-state index is 12.1. The second-order valence-electron chi connectivity index (χ2n) is 5.71. The minimum Gasteiger partial charge on any atom is -0.349 e. The molecule has 0 aromatic heterocycles. The molecule has 1 saturated carbocycles. The summed E-state index contributed by atoms with van der Waals surface area (Å²) in [5.74, 6) is 0.784. The third-order valence-electron chi connectivity index (χ3n) is 4.18. The van der Waals surface area contributed by atoms with Crippen LogP contribution in [0.25, 0.3) is 0 Å². The van der Waals surface area contributed by atoms with Crippen molar-refractivity contribution in [3.05, 3.63) is 35.9 Å². The Balaban J connectivity index is 0.00000220. The summed E-state index contributed by atoms with van der Waals surface area (Å²) in [6, 6.07) is 10.6. The second kappa shape index (κ2) is 9.80. The SMILES string of the molecule is CNCCCC(=O)NC(c1ccccc1)C1CCCC1.Cl. The van der Waals surface area contributed by atoms with Gasteiger partial charge in [-0.2, -0.15) is 0 Å². The van der Waals surface area contributed by atoms with Gasteiger partial charge in [0, 0.05) is 6.42 Å². The first-order valence-corrected chi connectivity index (χ1v) is 7.80. The Morgan fingerprint density at radius 2 is 1.90 bits per heavy atom. The summed E-state index contributed by atoms with van der Waals surface area (Å²) in [6.07, 6.45) is 6.56. The lowest BCUT2D eigenvalue weighted by molar-refractivity contribution is -0.122. The Labute approximate surface area is 134 Å². The van der Waals surface area contributed by atoms with Gasteiger partial charge in [-0.1, -0.05) is 43.2 Å². The molecule has 1 amide bonds. The summed E-state index contributed by atoms with van der Waals surface area (Å²) in [7, 11) is 1.92. The molecule has 0 spiro atoms. The van der Waals surface area contributed by atoms with Crippen molar-refractivity contribution in [1.82, 2.24) is 10.6 Å². The van der Waals surface area contributed by atoms with Crippen molar-refractivity contribution in [2.45, 2.75) is 44.6 Å². The molecule has 21 heavy (non-hydrogen) atoms. The van der Waals surface area contributed by atoms with Gasteiger partial charge in [-0.3, -0.25) is 4.79 Å². The van der Waals surface area contributed by atoms with E-state index in [9.17, 15) is 4.79 Å². The van der Waals surface area contributed by atoms with Crippen LogP contribution in [-0.4, -0.2) is 19.5 Å². The van der Waals surface area contributed by atoms with Gasteiger partial charge in [-0.15, -0.1) is 12.4 Å². The number of amides is 1. The minimum atomic E-state index is 0. The van der Waals surface area contributed by atoms with Crippen LogP contribution in [0.2, 0.25) is 0 Å². The molecule has 1 aromatic rings. The third-order valence-corrected chi connectivity index (χ3v) is 4.18. The van der Waals surface area contributed by atoms with E-state index in [2.05, 4.69) is 34.9 Å². The van der Waals surface area contributed by atoms with E-state index in [4.69, 9.17) is 0 Å². The van der Waals surface area contributed by atoms with E-state index in [1.807, 2.05) is 13.1 Å². The molecule has 1 aromatic carbocycles. The zero-order chi connectivity index (χ0) is 14.2. The maximum absolute atomic E-state index is 12.1. The zero-order valence-electron chi connectivity index (χ0n) is 12.8. The van der Waals surface area contributed by atoms with Gasteiger partial charge in [0.25, 0.3) is 0 Å². The van der Waals surface area contributed by atoms with E-state index in [0.29, 0.717) is 12.3 Å². The van der Waals surface area contributed by atoms with Crippen molar-refractivity contribution in [1.29, 1.82) is 0 Å². The standard InChI is InChI=1S/C17H26N2O.ClH/c1-18-13-7-12-16(20)19-17(15-10-5-6-11-15)14-8-3-2-4-9-14;/h2-4,8-9,15,17-18H,5-7,10-13H2,1H3,(H,19,20);1H. The third kappa shape index (κ3) is 5.68. The topological polar surface area (TPSA) is 41.1 Å². The molecule has 118 valence electrons. The fourth-order valence-corrected chi connectivity index (χ4v) is 3.10. The average molecular weight is 311 g/mol. The predicted molar refractivity (Wildman–Crippen MR) is 89.7 cm³/mol. The second-order valence-corrected chi connectivity index (χ2v) is 5.71. The summed E-state index contributed by atoms with van der Waals surface area (Å²) in [4.78, 5) is 12.1. The number of benzene rings is 1. The van der Waals surface area contributed by atoms with Gasteiger partial charge < -0.3 is 10.6 Å². The average Bonchev–Trinajstić information content (AvgIpc) is 3.00. The Kier molecular flexibility index (Phi) is 8.40. The molecule has 4 heteroatoms. The first-order valence-electron chi connectivity index (χ1n) is 7.80. The Hall–Kier alpha value is -1.06. The van der Waals surface area contributed by atoms with Crippen LogP contribution in [-0.2, 0) is 4.79 Å². The van der Waals surface area contributed by atoms with Crippen molar-refractivity contribution < 1.29 is 4.79 Å². The van der Waals surface area contributed by atoms with Gasteiger partial charge in [0.1, 0.15) is 0 Å². The van der Waals surface area contributed by atoms with Crippen LogP contribution in [0.3, 0.4) is 0 Å². The van der Waals surface area contributed by atoms with Crippen LogP contribution in [0, 0.1) is 5.92 Å². The fourth-order valence-electron chi connectivity index (χ4n) is 3.10. The highest BCUT2D eigenvalue weighted by Crippen LogP contribution is 2.35. The van der Waals surface area contributed by atoms with Crippen LogP contribution < -0.4 is 10.6 Å². The molecule has 3 nitrogen and oxygen atoms in total. The van der Waals surface area contributed by atoms with Crippen LogP contribution in [0.4, 0.5) is 0 Å². The van der Waals surface area contributed by atoms with Gasteiger partial charge in [0.15, 0.2) is 0 Å². The van der Waals surface area contributed by atoms with Crippen LogP contribution >= 0.6 is 12.4 Å². The summed E-state index contributed by atoms with van der Waals surface area (Å²) in [5, 5.41) is 6.35. The zero-order valence-corrected chi connectivity index (χ0v) is 13.6. The Morgan fingerprint density at radius 1 is 1.24 bits per heavy atom. The number of halogens is 1. The molecule has 1 fully saturated rings. The lowest BCUT2D eigenvalue weighted by atomic mass is 9.91. The molecule has 1 aliphatic rings. The van der Waals surface area contributed by atoms with Crippen LogP contribution in [0.5, 0.6) is 0 Å². The molecule has 2 rings (SSSR count). The predicted octanol–water partition coefficient (Wildman–Crippen LogP) is 3.46. The highest BCUT2D eigenvalue weighted by atomic mass is 35.5. The largest absolute Gasteiger partial charge is 0.349 e. The molecule has 0 saturated heterocycles. The van der Waals surface area contributed by atoms with E-state index >= 15 is 0 Å². The van der Waals surface area contributed by atoms with E-state index in [1.54, 1.807) is 0 Å². The van der Waals surface area contributed by atoms with Crippen LogP contribution in [0.15, 0.2) is 30.3 Å². The molecule has 2 N–H and O–H groups in total. The molecule has 0 bridgehead atoms. The lowest BCUT2D eigenvalue weighted by Crippen LogP contribution is -2.33. The van der Waals surface area contributed by atoms with E-state index < -0.39 is 0 Å². The first-order chi connectivity index (χ1) is 9.81. The van der Waals surface area contributed by atoms with Crippen molar-refractivity contribution in [3.8, 4) is 0 Å². The molecular weight excluding hydrogens is 284 g/mol. The van der Waals surface area contributed by atoms with E-state index in [0.717, 1.165) is 13.0 Å². The van der Waals surface area contributed by atoms with Crippen molar-refractivity contribution in [2.24, 2.45) is 5.92 Å². The first kappa shape index (κ1) is 18.0. The normalized spacial score (nSPS) is 16.2.